The van der Waals surface area contributed by atoms with Gasteiger partial charge in [-0.25, -0.2) is 0 Å². The normalized spacial score (nSPS) is 25.8. The Labute approximate surface area is 74.9 Å². The summed E-state index contributed by atoms with van der Waals surface area (Å²) in [5.41, 5.74) is 0. The quantitative estimate of drug-likeness (QED) is 0.683. The van der Waals surface area contributed by atoms with Crippen LogP contribution in [0.3, 0.4) is 0 Å². The van der Waals surface area contributed by atoms with Crippen molar-refractivity contribution in [3.63, 3.8) is 0 Å². The molecule has 3 nitrogen and oxygen atoms in total. The molecule has 1 aliphatic rings. The zero-order valence-corrected chi connectivity index (χ0v) is 8.24. The van der Waals surface area contributed by atoms with Crippen LogP contribution in [0, 0.1) is 0 Å². The molecular weight excluding hydrogens is 210 g/mol. The van der Waals surface area contributed by atoms with Crippen molar-refractivity contribution in [3.05, 3.63) is 0 Å². The monoisotopic (exact) mass is 218 g/mol. The Morgan fingerprint density at radius 3 is 2.82 bits per heavy atom. The van der Waals surface area contributed by atoms with Crippen molar-refractivity contribution < 1.29 is 14.0 Å². The maximum absolute atomic E-state index is 10.7. The molecule has 0 aliphatic carbocycles. The van der Waals surface area contributed by atoms with Gasteiger partial charge in [0.1, 0.15) is 6.35 Å². The van der Waals surface area contributed by atoms with E-state index in [1.165, 1.54) is 0 Å². The highest BCUT2D eigenvalue weighted by atomic mass is 35.9. The van der Waals surface area contributed by atoms with Gasteiger partial charge in [0, 0.05) is 6.61 Å². The minimum Gasteiger partial charge on any atom is -0.379 e. The van der Waals surface area contributed by atoms with E-state index in [2.05, 4.69) is 0 Å². The van der Waals surface area contributed by atoms with Gasteiger partial charge in [-0.2, -0.15) is 0 Å². The molecule has 1 atom stereocenters. The predicted molar refractivity (Wildman–Crippen MR) is 44.5 cm³/mol. The predicted octanol–water partition coefficient (Wildman–Crippen LogP) is 2.42. The number of ether oxygens (including phenoxy) is 2. The Hall–Kier alpha value is 0.730. The van der Waals surface area contributed by atoms with E-state index in [1.807, 2.05) is 0 Å². The lowest BCUT2D eigenvalue weighted by molar-refractivity contribution is 0.0703. The number of hydrogen-bond donors (Lipinski definition) is 0. The molecule has 0 saturated carbocycles. The second kappa shape index (κ2) is 4.11. The van der Waals surface area contributed by atoms with E-state index >= 15 is 0 Å². The van der Waals surface area contributed by atoms with Gasteiger partial charge in [-0.3, -0.25) is 4.57 Å². The molecule has 0 aromatic carbocycles. The molecule has 1 heterocycles. The first-order valence-corrected chi connectivity index (χ1v) is 6.96. The topological polar surface area (TPSA) is 35.5 Å². The summed E-state index contributed by atoms with van der Waals surface area (Å²) < 4.78 is 20.9. The van der Waals surface area contributed by atoms with Gasteiger partial charge in [-0.1, -0.05) is 0 Å². The van der Waals surface area contributed by atoms with Crippen LogP contribution in [0.25, 0.3) is 0 Å². The molecule has 0 N–H and O–H groups in total. The zero-order chi connectivity index (χ0) is 8.32. The summed E-state index contributed by atoms with van der Waals surface area (Å²) in [6, 6.07) is 0. The van der Waals surface area contributed by atoms with E-state index in [9.17, 15) is 4.57 Å². The SMILES string of the molecule is O=P(Cl)(Cl)CO[C@@H]1CCOC1. The van der Waals surface area contributed by atoms with E-state index in [0.717, 1.165) is 6.42 Å². The van der Waals surface area contributed by atoms with Crippen LogP contribution in [0.4, 0.5) is 0 Å². The van der Waals surface area contributed by atoms with Crippen molar-refractivity contribution in [2.75, 3.05) is 19.6 Å². The average molecular weight is 219 g/mol. The number of rotatable bonds is 3. The summed E-state index contributed by atoms with van der Waals surface area (Å²) in [7, 11) is 0. The maximum atomic E-state index is 10.7. The van der Waals surface area contributed by atoms with Crippen LogP contribution in [0.2, 0.25) is 0 Å². The van der Waals surface area contributed by atoms with E-state index < -0.39 is 5.85 Å². The van der Waals surface area contributed by atoms with Crippen molar-refractivity contribution in [2.45, 2.75) is 12.5 Å². The summed E-state index contributed by atoms with van der Waals surface area (Å²) in [4.78, 5) is 0. The van der Waals surface area contributed by atoms with Crippen LogP contribution < -0.4 is 0 Å². The van der Waals surface area contributed by atoms with Crippen molar-refractivity contribution in [1.82, 2.24) is 0 Å². The zero-order valence-electron chi connectivity index (χ0n) is 5.83. The first-order chi connectivity index (χ1) is 5.08. The second-order valence-corrected chi connectivity index (χ2v) is 7.55. The molecular formula is C5H9Cl2O3P. The Bertz CT molecular complexity index is 163. The molecule has 0 unspecified atom stereocenters. The Morgan fingerprint density at radius 2 is 2.36 bits per heavy atom. The minimum atomic E-state index is -3.05. The molecule has 0 spiro atoms. The largest absolute Gasteiger partial charge is 0.379 e. The van der Waals surface area contributed by atoms with Gasteiger partial charge in [-0.15, -0.1) is 0 Å². The number of hydrogen-bond acceptors (Lipinski definition) is 3. The third-order valence-corrected chi connectivity index (χ3v) is 2.38. The smallest absolute Gasteiger partial charge is 0.277 e. The Balaban J connectivity index is 2.16. The molecule has 1 rings (SSSR count). The van der Waals surface area contributed by atoms with Gasteiger partial charge in [0.05, 0.1) is 12.7 Å². The van der Waals surface area contributed by atoms with Crippen LogP contribution in [-0.4, -0.2) is 25.7 Å². The van der Waals surface area contributed by atoms with Crippen LogP contribution in [0.1, 0.15) is 6.42 Å². The van der Waals surface area contributed by atoms with Gasteiger partial charge in [-0.05, 0) is 28.9 Å². The van der Waals surface area contributed by atoms with Crippen molar-refractivity contribution >= 4 is 28.3 Å². The van der Waals surface area contributed by atoms with Crippen molar-refractivity contribution in [2.24, 2.45) is 0 Å². The van der Waals surface area contributed by atoms with Crippen LogP contribution in [0.5, 0.6) is 0 Å². The molecule has 66 valence electrons. The molecule has 11 heavy (non-hydrogen) atoms. The van der Waals surface area contributed by atoms with Gasteiger partial charge in [0.25, 0.3) is 5.85 Å². The average Bonchev–Trinajstić information content (AvgIpc) is 2.32. The molecule has 0 bridgehead atoms. The van der Waals surface area contributed by atoms with Gasteiger partial charge < -0.3 is 9.47 Å². The minimum absolute atomic E-state index is 0.0147. The molecule has 1 aliphatic heterocycles. The lowest BCUT2D eigenvalue weighted by Gasteiger charge is -2.09. The van der Waals surface area contributed by atoms with Crippen LogP contribution >= 0.6 is 28.3 Å². The first kappa shape index (κ1) is 9.82. The summed E-state index contributed by atoms with van der Waals surface area (Å²) >= 11 is 10.5. The lowest BCUT2D eigenvalue weighted by Crippen LogP contribution is -2.11. The summed E-state index contributed by atoms with van der Waals surface area (Å²) in [6.45, 7) is 1.24. The number of halogens is 2. The molecule has 0 aromatic rings. The third-order valence-electron chi connectivity index (χ3n) is 1.35. The van der Waals surface area contributed by atoms with E-state index in [-0.39, 0.29) is 12.5 Å². The highest BCUT2D eigenvalue weighted by Crippen LogP contribution is 2.56. The molecule has 6 heteroatoms. The van der Waals surface area contributed by atoms with Crippen LogP contribution in [0.15, 0.2) is 0 Å². The second-order valence-electron chi connectivity index (χ2n) is 2.35. The van der Waals surface area contributed by atoms with Gasteiger partial charge in [0.15, 0.2) is 0 Å². The molecule has 0 aromatic heterocycles. The summed E-state index contributed by atoms with van der Waals surface area (Å²) in [5, 5.41) is 0. The van der Waals surface area contributed by atoms with E-state index in [4.69, 9.17) is 32.0 Å². The van der Waals surface area contributed by atoms with Crippen LogP contribution in [-0.2, 0) is 14.0 Å². The standard InChI is InChI=1S/C5H9Cl2O3P/c6-11(7,8)4-10-5-1-2-9-3-5/h5H,1-4H2/t5-/m1/s1. The molecule has 0 amide bonds. The van der Waals surface area contributed by atoms with Crippen molar-refractivity contribution in [3.8, 4) is 0 Å². The summed E-state index contributed by atoms with van der Waals surface area (Å²) in [5.74, 6) is -3.05. The van der Waals surface area contributed by atoms with Gasteiger partial charge >= 0.3 is 0 Å². The molecule has 1 saturated heterocycles. The summed E-state index contributed by atoms with van der Waals surface area (Å²) in [6.07, 6.45) is 0.763. The lowest BCUT2D eigenvalue weighted by atomic mass is 10.3. The molecule has 1 fully saturated rings. The Kier molecular flexibility index (Phi) is 3.66. The fraction of sp³-hybridized carbons (Fsp3) is 1.00. The maximum Gasteiger partial charge on any atom is 0.277 e. The third kappa shape index (κ3) is 4.34. The Morgan fingerprint density at radius 1 is 1.64 bits per heavy atom. The molecule has 0 radical (unpaired) electrons. The highest BCUT2D eigenvalue weighted by molar-refractivity contribution is 8.08. The fourth-order valence-electron chi connectivity index (χ4n) is 0.837. The van der Waals surface area contributed by atoms with E-state index in [1.54, 1.807) is 0 Å². The van der Waals surface area contributed by atoms with Crippen molar-refractivity contribution in [1.29, 1.82) is 0 Å². The highest BCUT2D eigenvalue weighted by Gasteiger charge is 2.21. The van der Waals surface area contributed by atoms with Gasteiger partial charge in [0.2, 0.25) is 0 Å². The first-order valence-electron chi connectivity index (χ1n) is 3.26. The van der Waals surface area contributed by atoms with E-state index in [0.29, 0.717) is 13.2 Å². The fourth-order valence-corrected chi connectivity index (χ4v) is 1.56.